The quantitative estimate of drug-likeness (QED) is 0.678. The normalized spacial score (nSPS) is 18.9. The summed E-state index contributed by atoms with van der Waals surface area (Å²) in [5, 5.41) is 3.32. The number of hydrogen-bond acceptors (Lipinski definition) is 6. The number of nitrogens with zero attached hydrogens (tertiary/aromatic N) is 2. The number of aryl methyl sites for hydroxylation is 2. The molecular formula is C21H27ClN4O4. The summed E-state index contributed by atoms with van der Waals surface area (Å²) in [5.74, 6) is -0.459. The standard InChI is InChI=1S/C21H27ClN4O4/c1-5-15-18(22)25-19(23-15)20(27)24-16-8-9-26(11-17(16)29-3)13-7-6-12(2)14(10-13)21(28)30-4/h6-7,10,16-17H,5,8-9,11H2,1-4H3,(H,23,25)(H,24,27)/t16-,17+/m0/s1. The third kappa shape index (κ3) is 4.60. The highest BCUT2D eigenvalue weighted by Gasteiger charge is 2.32. The van der Waals surface area contributed by atoms with E-state index in [-0.39, 0.29) is 29.8 Å². The van der Waals surface area contributed by atoms with Gasteiger partial charge in [0.1, 0.15) is 0 Å². The molecule has 1 fully saturated rings. The first-order valence-corrected chi connectivity index (χ1v) is 10.3. The van der Waals surface area contributed by atoms with Crippen molar-refractivity contribution in [2.24, 2.45) is 0 Å². The van der Waals surface area contributed by atoms with Gasteiger partial charge in [0, 0.05) is 25.9 Å². The van der Waals surface area contributed by atoms with Crippen molar-refractivity contribution in [3.8, 4) is 0 Å². The Labute approximate surface area is 180 Å². The molecule has 9 heteroatoms. The number of H-pyrrole nitrogens is 1. The number of piperidine rings is 1. The zero-order valence-electron chi connectivity index (χ0n) is 17.6. The molecule has 0 radical (unpaired) electrons. The average Bonchev–Trinajstić information content (AvgIpc) is 3.14. The first-order chi connectivity index (χ1) is 14.4. The maximum atomic E-state index is 12.6. The number of nitrogens with one attached hydrogen (secondary N) is 2. The predicted molar refractivity (Wildman–Crippen MR) is 114 cm³/mol. The number of benzene rings is 1. The maximum Gasteiger partial charge on any atom is 0.338 e. The second-order valence-electron chi connectivity index (χ2n) is 7.29. The van der Waals surface area contributed by atoms with Crippen LogP contribution in [0.1, 0.15) is 45.6 Å². The molecule has 1 aliphatic rings. The van der Waals surface area contributed by atoms with Gasteiger partial charge in [-0.15, -0.1) is 0 Å². The van der Waals surface area contributed by atoms with Gasteiger partial charge in [0.15, 0.2) is 11.0 Å². The molecule has 0 spiro atoms. The lowest BCUT2D eigenvalue weighted by molar-refractivity contribution is 0.0537. The SMILES string of the molecule is CCc1[nH]c(C(=O)N[C@H]2CCN(c3ccc(C)c(C(=O)OC)c3)C[C@H]2OC)nc1Cl. The lowest BCUT2D eigenvalue weighted by Gasteiger charge is -2.39. The van der Waals surface area contributed by atoms with Crippen LogP contribution in [0.5, 0.6) is 0 Å². The van der Waals surface area contributed by atoms with Crippen molar-refractivity contribution >= 4 is 29.2 Å². The van der Waals surface area contributed by atoms with Gasteiger partial charge in [0.05, 0.1) is 30.5 Å². The van der Waals surface area contributed by atoms with Gasteiger partial charge in [-0.2, -0.15) is 0 Å². The van der Waals surface area contributed by atoms with Crippen molar-refractivity contribution in [1.29, 1.82) is 0 Å². The fraction of sp³-hybridized carbons (Fsp3) is 0.476. The summed E-state index contributed by atoms with van der Waals surface area (Å²) in [6.07, 6.45) is 1.13. The summed E-state index contributed by atoms with van der Waals surface area (Å²) in [7, 11) is 3.00. The molecule has 0 bridgehead atoms. The van der Waals surface area contributed by atoms with Gasteiger partial charge in [-0.05, 0) is 37.5 Å². The molecule has 2 N–H and O–H groups in total. The molecule has 1 aromatic heterocycles. The molecule has 2 aromatic rings. The Bertz CT molecular complexity index is 930. The minimum atomic E-state index is -0.358. The number of methoxy groups -OCH3 is 2. The molecule has 1 saturated heterocycles. The number of aromatic nitrogens is 2. The van der Waals surface area contributed by atoms with E-state index in [1.54, 1.807) is 7.11 Å². The van der Waals surface area contributed by atoms with Gasteiger partial charge >= 0.3 is 5.97 Å². The van der Waals surface area contributed by atoms with Crippen LogP contribution in [0.2, 0.25) is 5.15 Å². The number of rotatable bonds is 6. The van der Waals surface area contributed by atoms with Crippen molar-refractivity contribution in [2.45, 2.75) is 38.8 Å². The van der Waals surface area contributed by atoms with Crippen molar-refractivity contribution in [1.82, 2.24) is 15.3 Å². The number of aromatic amines is 1. The van der Waals surface area contributed by atoms with Gasteiger partial charge in [0.25, 0.3) is 5.91 Å². The van der Waals surface area contributed by atoms with Gasteiger partial charge in [-0.1, -0.05) is 24.6 Å². The van der Waals surface area contributed by atoms with E-state index >= 15 is 0 Å². The molecule has 8 nitrogen and oxygen atoms in total. The van der Waals surface area contributed by atoms with Gasteiger partial charge in [-0.25, -0.2) is 9.78 Å². The molecule has 162 valence electrons. The van der Waals surface area contributed by atoms with Crippen LogP contribution in [-0.2, 0) is 15.9 Å². The average molecular weight is 435 g/mol. The molecule has 1 aliphatic heterocycles. The van der Waals surface area contributed by atoms with Crippen LogP contribution in [0, 0.1) is 6.92 Å². The van der Waals surface area contributed by atoms with Crippen molar-refractivity contribution in [3.05, 3.63) is 46.0 Å². The summed E-state index contributed by atoms with van der Waals surface area (Å²) in [6, 6.07) is 5.55. The zero-order chi connectivity index (χ0) is 21.8. The van der Waals surface area contributed by atoms with Crippen LogP contribution in [0.15, 0.2) is 18.2 Å². The fourth-order valence-corrected chi connectivity index (χ4v) is 3.92. The van der Waals surface area contributed by atoms with E-state index < -0.39 is 0 Å². The van der Waals surface area contributed by atoms with E-state index in [0.717, 1.165) is 16.9 Å². The number of imidazole rings is 1. The lowest BCUT2D eigenvalue weighted by Crippen LogP contribution is -2.55. The largest absolute Gasteiger partial charge is 0.465 e. The Morgan fingerprint density at radius 3 is 2.77 bits per heavy atom. The monoisotopic (exact) mass is 434 g/mol. The molecule has 2 heterocycles. The number of ether oxygens (including phenoxy) is 2. The third-order valence-electron chi connectivity index (χ3n) is 5.47. The molecule has 1 amide bonds. The van der Waals surface area contributed by atoms with Crippen molar-refractivity contribution in [2.75, 3.05) is 32.2 Å². The fourth-order valence-electron chi connectivity index (χ4n) is 3.66. The molecule has 0 unspecified atom stereocenters. The summed E-state index contributed by atoms with van der Waals surface area (Å²) >= 11 is 6.04. The zero-order valence-corrected chi connectivity index (χ0v) is 18.4. The van der Waals surface area contributed by atoms with E-state index in [4.69, 9.17) is 21.1 Å². The summed E-state index contributed by atoms with van der Waals surface area (Å²) in [6.45, 7) is 5.09. The Morgan fingerprint density at radius 1 is 1.37 bits per heavy atom. The highest BCUT2D eigenvalue weighted by atomic mass is 35.5. The van der Waals surface area contributed by atoms with Crippen molar-refractivity contribution < 1.29 is 19.1 Å². The molecule has 0 saturated carbocycles. The van der Waals surface area contributed by atoms with Crippen LogP contribution in [-0.4, -0.2) is 61.3 Å². The second kappa shape index (κ2) is 9.49. The molecule has 30 heavy (non-hydrogen) atoms. The molecular weight excluding hydrogens is 408 g/mol. The van der Waals surface area contributed by atoms with Gasteiger partial charge in [0.2, 0.25) is 0 Å². The Kier molecular flexibility index (Phi) is 6.99. The number of amides is 1. The summed E-state index contributed by atoms with van der Waals surface area (Å²) in [4.78, 5) is 33.8. The van der Waals surface area contributed by atoms with Crippen LogP contribution in [0.4, 0.5) is 5.69 Å². The first-order valence-electron chi connectivity index (χ1n) is 9.89. The Hall–Kier alpha value is -2.58. The van der Waals surface area contributed by atoms with E-state index in [2.05, 4.69) is 20.2 Å². The van der Waals surface area contributed by atoms with Crippen LogP contribution >= 0.6 is 11.6 Å². The maximum absolute atomic E-state index is 12.6. The Balaban J connectivity index is 1.70. The minimum absolute atomic E-state index is 0.168. The van der Waals surface area contributed by atoms with E-state index in [9.17, 15) is 9.59 Å². The van der Waals surface area contributed by atoms with E-state index in [0.29, 0.717) is 36.6 Å². The third-order valence-corrected chi connectivity index (χ3v) is 5.78. The molecule has 3 rings (SSSR count). The number of esters is 1. The van der Waals surface area contributed by atoms with E-state index in [1.807, 2.05) is 32.0 Å². The predicted octanol–water partition coefficient (Wildman–Crippen LogP) is 2.74. The van der Waals surface area contributed by atoms with Gasteiger partial charge in [-0.3, -0.25) is 4.79 Å². The summed E-state index contributed by atoms with van der Waals surface area (Å²) < 4.78 is 10.5. The number of anilines is 1. The van der Waals surface area contributed by atoms with E-state index in [1.165, 1.54) is 7.11 Å². The van der Waals surface area contributed by atoms with Crippen LogP contribution < -0.4 is 10.2 Å². The number of carbonyl (C=O) groups is 2. The van der Waals surface area contributed by atoms with Gasteiger partial charge < -0.3 is 24.7 Å². The minimum Gasteiger partial charge on any atom is -0.465 e. The molecule has 1 aromatic carbocycles. The number of halogens is 1. The number of hydrogen-bond donors (Lipinski definition) is 2. The van der Waals surface area contributed by atoms with Crippen LogP contribution in [0.3, 0.4) is 0 Å². The Morgan fingerprint density at radius 2 is 2.13 bits per heavy atom. The number of carbonyl (C=O) groups excluding carboxylic acids is 2. The summed E-state index contributed by atoms with van der Waals surface area (Å²) in [5.41, 5.74) is 3.05. The topological polar surface area (TPSA) is 96.6 Å². The van der Waals surface area contributed by atoms with Crippen molar-refractivity contribution in [3.63, 3.8) is 0 Å². The molecule has 2 atom stereocenters. The first kappa shape index (κ1) is 22.1. The highest BCUT2D eigenvalue weighted by Crippen LogP contribution is 2.25. The van der Waals surface area contributed by atoms with Crippen LogP contribution in [0.25, 0.3) is 0 Å². The highest BCUT2D eigenvalue weighted by molar-refractivity contribution is 6.30. The second-order valence-corrected chi connectivity index (χ2v) is 7.65. The smallest absolute Gasteiger partial charge is 0.338 e. The lowest BCUT2D eigenvalue weighted by atomic mass is 9.99. The molecule has 0 aliphatic carbocycles.